The van der Waals surface area contributed by atoms with E-state index in [1.165, 1.54) is 6.07 Å². The van der Waals surface area contributed by atoms with Crippen LogP contribution in [0.15, 0.2) is 18.2 Å². The molecule has 6 heteroatoms. The molecule has 2 unspecified atom stereocenters. The lowest BCUT2D eigenvalue weighted by Gasteiger charge is -2.17. The van der Waals surface area contributed by atoms with Crippen molar-refractivity contribution in [1.29, 1.82) is 5.26 Å². The molecule has 2 atom stereocenters. The zero-order chi connectivity index (χ0) is 13.0. The molecular weight excluding hydrogens is 227 g/mol. The third kappa shape index (κ3) is 3.24. The molecule has 0 fully saturated rings. The maximum Gasteiger partial charge on any atom is 0.220 e. The third-order valence-electron chi connectivity index (χ3n) is 2.23. The number of aliphatic hydroxyl groups excluding tert-OH is 2. The molecule has 0 saturated heterocycles. The van der Waals surface area contributed by atoms with E-state index in [1.807, 2.05) is 0 Å². The summed E-state index contributed by atoms with van der Waals surface area (Å²) in [4.78, 5) is 10.6. The van der Waals surface area contributed by atoms with E-state index < -0.39 is 30.4 Å². The predicted octanol–water partition coefficient (Wildman–Crippen LogP) is -0.0329. The monoisotopic (exact) mass is 238 g/mol. The van der Waals surface area contributed by atoms with Gasteiger partial charge in [0.05, 0.1) is 24.2 Å². The molecule has 0 heterocycles. The van der Waals surface area contributed by atoms with Crippen LogP contribution in [-0.2, 0) is 4.79 Å². The maximum atomic E-state index is 12.8. The predicted molar refractivity (Wildman–Crippen MR) is 55.9 cm³/mol. The summed E-state index contributed by atoms with van der Waals surface area (Å²) in [6, 6.07) is 4.87. The van der Waals surface area contributed by atoms with Crippen molar-refractivity contribution in [3.8, 4) is 6.07 Å². The lowest BCUT2D eigenvalue weighted by atomic mass is 9.97. The summed E-state index contributed by atoms with van der Waals surface area (Å²) in [5.74, 6) is -1.40. The Hall–Kier alpha value is -1.97. The van der Waals surface area contributed by atoms with Crippen LogP contribution < -0.4 is 5.73 Å². The van der Waals surface area contributed by atoms with Crippen molar-refractivity contribution >= 4 is 5.91 Å². The van der Waals surface area contributed by atoms with Crippen LogP contribution >= 0.6 is 0 Å². The van der Waals surface area contributed by atoms with Gasteiger partial charge < -0.3 is 15.9 Å². The molecule has 0 bridgehead atoms. The molecule has 0 aromatic heterocycles. The lowest BCUT2D eigenvalue weighted by Crippen LogP contribution is -2.26. The number of aliphatic hydroxyl groups is 2. The first-order valence-corrected chi connectivity index (χ1v) is 4.79. The van der Waals surface area contributed by atoms with Crippen LogP contribution in [0, 0.1) is 17.1 Å². The number of amides is 1. The van der Waals surface area contributed by atoms with Crippen molar-refractivity contribution in [2.24, 2.45) is 5.73 Å². The zero-order valence-electron chi connectivity index (χ0n) is 8.80. The lowest BCUT2D eigenvalue weighted by molar-refractivity contribution is -0.121. The van der Waals surface area contributed by atoms with Crippen molar-refractivity contribution in [3.05, 3.63) is 35.1 Å². The highest BCUT2D eigenvalue weighted by Crippen LogP contribution is 2.23. The number of carbonyl (C=O) groups is 1. The Morgan fingerprint density at radius 1 is 1.53 bits per heavy atom. The molecule has 0 aliphatic heterocycles. The molecule has 4 N–H and O–H groups in total. The van der Waals surface area contributed by atoms with Gasteiger partial charge in [-0.25, -0.2) is 4.39 Å². The largest absolute Gasteiger partial charge is 0.390 e. The summed E-state index contributed by atoms with van der Waals surface area (Å²) in [5.41, 5.74) is 4.83. The molecule has 0 aliphatic carbocycles. The Bertz CT molecular complexity index is 470. The minimum Gasteiger partial charge on any atom is -0.390 e. The smallest absolute Gasteiger partial charge is 0.220 e. The summed E-state index contributed by atoms with van der Waals surface area (Å²) >= 11 is 0. The van der Waals surface area contributed by atoms with Crippen molar-refractivity contribution in [3.63, 3.8) is 0 Å². The standard InChI is InChI=1S/C11H11FN2O3/c12-7-1-2-8(6(3-7)5-13)11(17)9(15)4-10(14)16/h1-3,9,11,15,17H,4H2,(H2,14,16). The number of nitrogens with zero attached hydrogens (tertiary/aromatic N) is 1. The molecule has 1 rings (SSSR count). The molecule has 0 spiro atoms. The first-order chi connectivity index (χ1) is 7.95. The van der Waals surface area contributed by atoms with Gasteiger partial charge in [0, 0.05) is 5.56 Å². The summed E-state index contributed by atoms with van der Waals surface area (Å²) in [6.07, 6.45) is -3.33. The van der Waals surface area contributed by atoms with Crippen LogP contribution in [0.1, 0.15) is 23.7 Å². The number of benzene rings is 1. The number of halogens is 1. The van der Waals surface area contributed by atoms with E-state index >= 15 is 0 Å². The Labute approximate surface area is 96.9 Å². The van der Waals surface area contributed by atoms with Gasteiger partial charge in [0.15, 0.2) is 0 Å². The fraction of sp³-hybridized carbons (Fsp3) is 0.273. The van der Waals surface area contributed by atoms with Crippen molar-refractivity contribution < 1.29 is 19.4 Å². The van der Waals surface area contributed by atoms with Crippen molar-refractivity contribution in [1.82, 2.24) is 0 Å². The van der Waals surface area contributed by atoms with Crippen LogP contribution in [0.2, 0.25) is 0 Å². The molecule has 1 aromatic carbocycles. The highest BCUT2D eigenvalue weighted by molar-refractivity contribution is 5.74. The maximum absolute atomic E-state index is 12.8. The van der Waals surface area contributed by atoms with E-state index in [4.69, 9.17) is 11.0 Å². The highest BCUT2D eigenvalue weighted by Gasteiger charge is 2.23. The van der Waals surface area contributed by atoms with Crippen LogP contribution in [0.5, 0.6) is 0 Å². The van der Waals surface area contributed by atoms with Gasteiger partial charge in [-0.1, -0.05) is 6.07 Å². The van der Waals surface area contributed by atoms with Crippen LogP contribution in [0.25, 0.3) is 0 Å². The van der Waals surface area contributed by atoms with E-state index in [2.05, 4.69) is 0 Å². The molecule has 17 heavy (non-hydrogen) atoms. The first kappa shape index (κ1) is 13.1. The summed E-state index contributed by atoms with van der Waals surface area (Å²) in [7, 11) is 0. The fourth-order valence-electron chi connectivity index (χ4n) is 1.41. The SMILES string of the molecule is N#Cc1cc(F)ccc1C(O)C(O)CC(N)=O. The number of carbonyl (C=O) groups excluding carboxylic acids is 1. The van der Waals surface area contributed by atoms with Gasteiger partial charge in [0.1, 0.15) is 11.9 Å². The number of nitrogens with two attached hydrogens (primary N) is 1. The van der Waals surface area contributed by atoms with E-state index in [-0.39, 0.29) is 11.1 Å². The molecule has 1 aromatic rings. The minimum absolute atomic E-state index is 0.0580. The second-order valence-electron chi connectivity index (χ2n) is 3.53. The van der Waals surface area contributed by atoms with Crippen LogP contribution in [0.3, 0.4) is 0 Å². The Balaban J connectivity index is 3.00. The minimum atomic E-state index is -1.46. The molecular formula is C11H11FN2O3. The quantitative estimate of drug-likeness (QED) is 0.684. The van der Waals surface area contributed by atoms with E-state index in [1.54, 1.807) is 6.07 Å². The number of rotatable bonds is 4. The molecule has 5 nitrogen and oxygen atoms in total. The first-order valence-electron chi connectivity index (χ1n) is 4.79. The topological polar surface area (TPSA) is 107 Å². The van der Waals surface area contributed by atoms with E-state index in [0.717, 1.165) is 12.1 Å². The number of hydrogen-bond acceptors (Lipinski definition) is 4. The molecule has 1 amide bonds. The van der Waals surface area contributed by atoms with Crippen LogP contribution in [-0.4, -0.2) is 22.2 Å². The second-order valence-corrected chi connectivity index (χ2v) is 3.53. The van der Waals surface area contributed by atoms with Crippen LogP contribution in [0.4, 0.5) is 4.39 Å². The zero-order valence-corrected chi connectivity index (χ0v) is 8.80. The highest BCUT2D eigenvalue weighted by atomic mass is 19.1. The molecule has 90 valence electrons. The number of primary amides is 1. The van der Waals surface area contributed by atoms with Crippen molar-refractivity contribution in [2.45, 2.75) is 18.6 Å². The van der Waals surface area contributed by atoms with Gasteiger partial charge in [-0.3, -0.25) is 4.79 Å². The van der Waals surface area contributed by atoms with E-state index in [0.29, 0.717) is 0 Å². The Morgan fingerprint density at radius 3 is 2.71 bits per heavy atom. The van der Waals surface area contributed by atoms with Gasteiger partial charge in [-0.15, -0.1) is 0 Å². The Morgan fingerprint density at radius 2 is 2.18 bits per heavy atom. The van der Waals surface area contributed by atoms with Gasteiger partial charge in [-0.2, -0.15) is 5.26 Å². The second kappa shape index (κ2) is 5.39. The Kier molecular flexibility index (Phi) is 4.15. The fourth-order valence-corrected chi connectivity index (χ4v) is 1.41. The molecule has 0 aliphatic rings. The van der Waals surface area contributed by atoms with E-state index in [9.17, 15) is 19.4 Å². The number of nitriles is 1. The van der Waals surface area contributed by atoms with Gasteiger partial charge in [-0.05, 0) is 12.1 Å². The summed E-state index contributed by atoms with van der Waals surface area (Å²) in [6.45, 7) is 0. The third-order valence-corrected chi connectivity index (χ3v) is 2.23. The van der Waals surface area contributed by atoms with Gasteiger partial charge >= 0.3 is 0 Å². The summed E-state index contributed by atoms with van der Waals surface area (Å²) < 4.78 is 12.8. The van der Waals surface area contributed by atoms with Gasteiger partial charge in [0.25, 0.3) is 0 Å². The average Bonchev–Trinajstić information content (AvgIpc) is 2.27. The molecule has 0 radical (unpaired) electrons. The van der Waals surface area contributed by atoms with Crippen molar-refractivity contribution in [2.75, 3.05) is 0 Å². The normalized spacial score (nSPS) is 13.8. The average molecular weight is 238 g/mol. The van der Waals surface area contributed by atoms with Gasteiger partial charge in [0.2, 0.25) is 5.91 Å². The summed E-state index contributed by atoms with van der Waals surface area (Å²) in [5, 5.41) is 27.9. The molecule has 0 saturated carbocycles. The number of hydrogen-bond donors (Lipinski definition) is 3.